The summed E-state index contributed by atoms with van der Waals surface area (Å²) in [5.74, 6) is 0.776. The second kappa shape index (κ2) is 10.4. The molecule has 138 valence electrons. The number of nitrogens with zero attached hydrogens (tertiary/aromatic N) is 2. The van der Waals surface area contributed by atoms with Gasteiger partial charge in [-0.1, -0.05) is 6.42 Å². The number of aromatic nitrogens is 1. The quantitative estimate of drug-likeness (QED) is 0.847. The summed E-state index contributed by atoms with van der Waals surface area (Å²) in [6.45, 7) is 5.02. The van der Waals surface area contributed by atoms with Gasteiger partial charge in [-0.25, -0.2) is 0 Å². The maximum absolute atomic E-state index is 12.3. The fraction of sp³-hybridized carbons (Fsp3) is 0.444. The van der Waals surface area contributed by atoms with Gasteiger partial charge in [-0.3, -0.25) is 14.7 Å². The molecule has 1 aromatic heterocycles. The lowest BCUT2D eigenvalue weighted by Crippen LogP contribution is -2.36. The Morgan fingerprint density at radius 1 is 1.20 bits per heavy atom. The zero-order chi connectivity index (χ0) is 16.1. The molecule has 0 aliphatic carbocycles. The molecular weight excluding hydrogens is 361 g/mol. The third kappa shape index (κ3) is 5.46. The van der Waals surface area contributed by atoms with E-state index in [9.17, 15) is 4.79 Å². The normalized spacial score (nSPS) is 14.3. The van der Waals surface area contributed by atoms with Crippen molar-refractivity contribution in [2.75, 3.05) is 31.6 Å². The van der Waals surface area contributed by atoms with Crippen molar-refractivity contribution in [3.63, 3.8) is 0 Å². The molecule has 1 amide bonds. The summed E-state index contributed by atoms with van der Waals surface area (Å²) < 4.78 is 5.62. The Morgan fingerprint density at radius 2 is 1.96 bits per heavy atom. The van der Waals surface area contributed by atoms with Crippen molar-refractivity contribution >= 4 is 47.3 Å². The van der Waals surface area contributed by atoms with Crippen molar-refractivity contribution in [1.29, 1.82) is 0 Å². The molecule has 5 nitrogen and oxygen atoms in total. The summed E-state index contributed by atoms with van der Waals surface area (Å²) in [6, 6.07) is 7.60. The van der Waals surface area contributed by atoms with Gasteiger partial charge < -0.3 is 10.1 Å². The van der Waals surface area contributed by atoms with E-state index in [1.807, 2.05) is 31.2 Å². The van der Waals surface area contributed by atoms with Crippen LogP contribution in [0.1, 0.15) is 26.2 Å². The number of anilines is 1. The summed E-state index contributed by atoms with van der Waals surface area (Å²) in [6.07, 6.45) is 5.38. The lowest BCUT2D eigenvalue weighted by atomic mass is 10.1. The molecule has 1 N–H and O–H groups in total. The predicted octanol–water partition coefficient (Wildman–Crippen LogP) is 3.90. The van der Waals surface area contributed by atoms with E-state index in [-0.39, 0.29) is 30.7 Å². The van der Waals surface area contributed by atoms with Gasteiger partial charge in [0.1, 0.15) is 11.3 Å². The Morgan fingerprint density at radius 3 is 2.68 bits per heavy atom. The Balaban J connectivity index is 0.00000156. The molecule has 0 spiro atoms. The van der Waals surface area contributed by atoms with E-state index < -0.39 is 0 Å². The van der Waals surface area contributed by atoms with Crippen molar-refractivity contribution in [2.24, 2.45) is 0 Å². The second-order valence-corrected chi connectivity index (χ2v) is 5.83. The van der Waals surface area contributed by atoms with Crippen LogP contribution in [0.15, 0.2) is 30.5 Å². The minimum absolute atomic E-state index is 0. The molecule has 0 unspecified atom stereocenters. The van der Waals surface area contributed by atoms with Crippen LogP contribution < -0.4 is 10.1 Å². The molecule has 2 aromatic rings. The van der Waals surface area contributed by atoms with Crippen LogP contribution in [-0.2, 0) is 4.79 Å². The number of halogens is 2. The van der Waals surface area contributed by atoms with E-state index in [0.717, 1.165) is 35.4 Å². The SMILES string of the molecule is CCOc1ccc(NC(=O)CN2CCCCC2)c2cccnc12.Cl.Cl. The minimum Gasteiger partial charge on any atom is -0.492 e. The highest BCUT2D eigenvalue weighted by Crippen LogP contribution is 2.30. The van der Waals surface area contributed by atoms with Crippen molar-refractivity contribution in [3.05, 3.63) is 30.5 Å². The molecule has 0 atom stereocenters. The van der Waals surface area contributed by atoms with Crippen LogP contribution in [0.5, 0.6) is 5.75 Å². The number of hydrogen-bond acceptors (Lipinski definition) is 4. The number of likely N-dealkylation sites (tertiary alicyclic amines) is 1. The van der Waals surface area contributed by atoms with E-state index in [4.69, 9.17) is 4.74 Å². The maximum atomic E-state index is 12.3. The summed E-state index contributed by atoms with van der Waals surface area (Å²) in [4.78, 5) is 18.9. The van der Waals surface area contributed by atoms with Gasteiger partial charge in [-0.2, -0.15) is 0 Å². The number of amides is 1. The minimum atomic E-state index is 0. The number of hydrogen-bond donors (Lipinski definition) is 1. The third-order valence-electron chi connectivity index (χ3n) is 4.12. The molecule has 0 radical (unpaired) electrons. The molecule has 2 heterocycles. The number of ether oxygens (including phenoxy) is 1. The number of rotatable bonds is 5. The van der Waals surface area contributed by atoms with Crippen molar-refractivity contribution < 1.29 is 9.53 Å². The monoisotopic (exact) mass is 385 g/mol. The lowest BCUT2D eigenvalue weighted by Gasteiger charge is -2.25. The van der Waals surface area contributed by atoms with Crippen LogP contribution in [-0.4, -0.2) is 42.0 Å². The molecule has 1 saturated heterocycles. The van der Waals surface area contributed by atoms with Gasteiger partial charge in [0.2, 0.25) is 5.91 Å². The van der Waals surface area contributed by atoms with Gasteiger partial charge in [-0.15, -0.1) is 24.8 Å². The van der Waals surface area contributed by atoms with Crippen molar-refractivity contribution in [2.45, 2.75) is 26.2 Å². The lowest BCUT2D eigenvalue weighted by molar-refractivity contribution is -0.117. The van der Waals surface area contributed by atoms with E-state index in [1.54, 1.807) is 6.20 Å². The average Bonchev–Trinajstić information content (AvgIpc) is 2.58. The van der Waals surface area contributed by atoms with Crippen LogP contribution in [0.4, 0.5) is 5.69 Å². The first kappa shape index (κ1) is 21.5. The number of nitrogens with one attached hydrogen (secondary N) is 1. The number of piperidine rings is 1. The number of carbonyl (C=O) groups excluding carboxylic acids is 1. The Hall–Kier alpha value is -1.56. The van der Waals surface area contributed by atoms with Crippen molar-refractivity contribution in [1.82, 2.24) is 9.88 Å². The van der Waals surface area contributed by atoms with Gasteiger partial charge in [0.15, 0.2) is 0 Å². The fourth-order valence-electron chi connectivity index (χ4n) is 3.04. The summed E-state index contributed by atoms with van der Waals surface area (Å²) in [5, 5.41) is 3.93. The summed E-state index contributed by atoms with van der Waals surface area (Å²) in [7, 11) is 0. The second-order valence-electron chi connectivity index (χ2n) is 5.83. The standard InChI is InChI=1S/C18H23N3O2.2ClH/c1-2-23-16-9-8-15(14-7-6-10-19-18(14)16)20-17(22)13-21-11-4-3-5-12-21;;/h6-10H,2-5,11-13H2,1H3,(H,20,22);2*1H. The Bertz CT molecular complexity index is 691. The zero-order valence-electron chi connectivity index (χ0n) is 14.4. The zero-order valence-corrected chi connectivity index (χ0v) is 16.0. The molecule has 0 saturated carbocycles. The van der Waals surface area contributed by atoms with E-state index in [1.165, 1.54) is 19.3 Å². The number of pyridine rings is 1. The highest BCUT2D eigenvalue weighted by molar-refractivity contribution is 6.03. The first-order valence-corrected chi connectivity index (χ1v) is 8.30. The van der Waals surface area contributed by atoms with E-state index in [0.29, 0.717) is 13.2 Å². The average molecular weight is 386 g/mol. The molecule has 1 aliphatic heterocycles. The topological polar surface area (TPSA) is 54.5 Å². The van der Waals surface area contributed by atoms with Crippen LogP contribution in [0.3, 0.4) is 0 Å². The molecular formula is C18H25Cl2N3O2. The first-order chi connectivity index (χ1) is 11.3. The molecule has 25 heavy (non-hydrogen) atoms. The maximum Gasteiger partial charge on any atom is 0.238 e. The van der Waals surface area contributed by atoms with Crippen LogP contribution in [0.25, 0.3) is 10.9 Å². The Labute approximate surface area is 161 Å². The van der Waals surface area contributed by atoms with Crippen LogP contribution in [0.2, 0.25) is 0 Å². The van der Waals surface area contributed by atoms with Gasteiger partial charge in [0.05, 0.1) is 18.8 Å². The third-order valence-corrected chi connectivity index (χ3v) is 4.12. The molecule has 3 rings (SSSR count). The van der Waals surface area contributed by atoms with Crippen LogP contribution >= 0.6 is 24.8 Å². The smallest absolute Gasteiger partial charge is 0.238 e. The highest BCUT2D eigenvalue weighted by atomic mass is 35.5. The molecule has 0 bridgehead atoms. The van der Waals surface area contributed by atoms with Crippen LogP contribution in [0, 0.1) is 0 Å². The molecule has 7 heteroatoms. The Kier molecular flexibility index (Phi) is 8.97. The fourth-order valence-corrected chi connectivity index (χ4v) is 3.04. The summed E-state index contributed by atoms with van der Waals surface area (Å²) in [5.41, 5.74) is 1.57. The van der Waals surface area contributed by atoms with E-state index >= 15 is 0 Å². The number of benzene rings is 1. The van der Waals surface area contributed by atoms with Crippen molar-refractivity contribution in [3.8, 4) is 5.75 Å². The van der Waals surface area contributed by atoms with Gasteiger partial charge in [0, 0.05) is 11.6 Å². The summed E-state index contributed by atoms with van der Waals surface area (Å²) >= 11 is 0. The first-order valence-electron chi connectivity index (χ1n) is 8.30. The predicted molar refractivity (Wildman–Crippen MR) is 106 cm³/mol. The van der Waals surface area contributed by atoms with Gasteiger partial charge >= 0.3 is 0 Å². The highest BCUT2D eigenvalue weighted by Gasteiger charge is 2.15. The molecule has 1 aliphatic rings. The van der Waals surface area contributed by atoms with E-state index in [2.05, 4.69) is 15.2 Å². The van der Waals surface area contributed by atoms with Gasteiger partial charge in [-0.05, 0) is 57.1 Å². The molecule has 1 fully saturated rings. The largest absolute Gasteiger partial charge is 0.492 e. The molecule has 1 aromatic carbocycles. The van der Waals surface area contributed by atoms with Gasteiger partial charge in [0.25, 0.3) is 0 Å². The number of carbonyl (C=O) groups is 1. The number of fused-ring (bicyclic) bond motifs is 1.